The third-order valence-corrected chi connectivity index (χ3v) is 6.22. The zero-order valence-corrected chi connectivity index (χ0v) is 15.2. The normalized spacial score (nSPS) is 24.2. The van der Waals surface area contributed by atoms with E-state index in [-0.39, 0.29) is 11.5 Å². The predicted octanol–water partition coefficient (Wildman–Crippen LogP) is 1.20. The quantitative estimate of drug-likeness (QED) is 0.884. The van der Waals surface area contributed by atoms with Crippen molar-refractivity contribution in [3.05, 3.63) is 46.1 Å². The van der Waals surface area contributed by atoms with Gasteiger partial charge < -0.3 is 9.88 Å². The SMILES string of the molecule is O=C(CN1C[C@@H]2CC[C@H]1C2)N1CCc2c(nc(-c3cccnc3)[nH]c2=O)C1. The van der Waals surface area contributed by atoms with Gasteiger partial charge in [-0.1, -0.05) is 0 Å². The molecular weight excluding hydrogens is 342 g/mol. The molecule has 0 radical (unpaired) electrons. The minimum absolute atomic E-state index is 0.109. The third-order valence-electron chi connectivity index (χ3n) is 6.22. The number of piperidine rings is 1. The summed E-state index contributed by atoms with van der Waals surface area (Å²) in [6, 6.07) is 4.27. The van der Waals surface area contributed by atoms with Gasteiger partial charge >= 0.3 is 0 Å². The van der Waals surface area contributed by atoms with E-state index in [0.717, 1.165) is 18.0 Å². The zero-order valence-electron chi connectivity index (χ0n) is 15.2. The summed E-state index contributed by atoms with van der Waals surface area (Å²) in [4.78, 5) is 41.1. The number of carbonyl (C=O) groups is 1. The van der Waals surface area contributed by atoms with E-state index in [0.29, 0.717) is 49.2 Å². The monoisotopic (exact) mass is 365 g/mol. The number of likely N-dealkylation sites (tertiary alicyclic amines) is 1. The Morgan fingerprint density at radius 2 is 2.26 bits per heavy atom. The maximum Gasteiger partial charge on any atom is 0.254 e. The molecule has 0 aromatic carbocycles. The van der Waals surface area contributed by atoms with E-state index in [1.807, 2.05) is 17.0 Å². The Kier molecular flexibility index (Phi) is 4.04. The molecule has 1 saturated heterocycles. The second kappa shape index (κ2) is 6.56. The van der Waals surface area contributed by atoms with E-state index in [2.05, 4.69) is 19.9 Å². The summed E-state index contributed by atoms with van der Waals surface area (Å²) >= 11 is 0. The summed E-state index contributed by atoms with van der Waals surface area (Å²) in [5, 5.41) is 0. The number of pyridine rings is 1. The summed E-state index contributed by atoms with van der Waals surface area (Å²) in [5.41, 5.74) is 2.07. The molecule has 2 atom stereocenters. The van der Waals surface area contributed by atoms with Gasteiger partial charge in [-0.05, 0) is 43.7 Å². The first-order chi connectivity index (χ1) is 13.2. The number of fused-ring (bicyclic) bond motifs is 3. The number of nitrogens with zero attached hydrogens (tertiary/aromatic N) is 4. The van der Waals surface area contributed by atoms with Crippen molar-refractivity contribution in [2.45, 2.75) is 38.3 Å². The number of hydrogen-bond donors (Lipinski definition) is 1. The van der Waals surface area contributed by atoms with Gasteiger partial charge in [0.25, 0.3) is 5.56 Å². The lowest BCUT2D eigenvalue weighted by atomic mass is 10.1. The molecule has 2 aliphatic heterocycles. The summed E-state index contributed by atoms with van der Waals surface area (Å²) in [6.07, 6.45) is 7.72. The van der Waals surface area contributed by atoms with Gasteiger partial charge in [0, 0.05) is 42.7 Å². The van der Waals surface area contributed by atoms with Gasteiger partial charge in [-0.15, -0.1) is 0 Å². The molecule has 0 unspecified atom stereocenters. The number of amides is 1. The topological polar surface area (TPSA) is 82.2 Å². The molecule has 2 aromatic heterocycles. The highest BCUT2D eigenvalue weighted by molar-refractivity contribution is 5.78. The first kappa shape index (κ1) is 16.6. The Labute approximate surface area is 157 Å². The summed E-state index contributed by atoms with van der Waals surface area (Å²) in [7, 11) is 0. The number of hydrogen-bond acceptors (Lipinski definition) is 5. The molecule has 5 rings (SSSR count). The highest BCUT2D eigenvalue weighted by atomic mass is 16.2. The smallest absolute Gasteiger partial charge is 0.254 e. The van der Waals surface area contributed by atoms with Crippen LogP contribution in [-0.4, -0.2) is 56.3 Å². The molecular formula is C20H23N5O2. The van der Waals surface area contributed by atoms with Crippen molar-refractivity contribution in [1.82, 2.24) is 24.8 Å². The fourth-order valence-electron chi connectivity index (χ4n) is 4.79. The van der Waals surface area contributed by atoms with Crippen LogP contribution >= 0.6 is 0 Å². The first-order valence-corrected chi connectivity index (χ1v) is 9.71. The van der Waals surface area contributed by atoms with E-state index < -0.39 is 0 Å². The number of carbonyl (C=O) groups excluding carboxylic acids is 1. The second-order valence-electron chi connectivity index (χ2n) is 7.91. The Hall–Kier alpha value is -2.54. The number of nitrogens with one attached hydrogen (secondary N) is 1. The summed E-state index contributed by atoms with van der Waals surface area (Å²) in [6.45, 7) is 2.55. The highest BCUT2D eigenvalue weighted by Gasteiger charge is 2.39. The molecule has 7 heteroatoms. The largest absolute Gasteiger partial charge is 0.335 e. The number of aromatic amines is 1. The van der Waals surface area contributed by atoms with Gasteiger partial charge in [0.1, 0.15) is 5.82 Å². The molecule has 2 aromatic rings. The van der Waals surface area contributed by atoms with Crippen molar-refractivity contribution in [3.63, 3.8) is 0 Å². The third kappa shape index (κ3) is 3.06. The maximum absolute atomic E-state index is 12.8. The van der Waals surface area contributed by atoms with Crippen LogP contribution in [-0.2, 0) is 17.8 Å². The van der Waals surface area contributed by atoms with Crippen molar-refractivity contribution in [1.29, 1.82) is 0 Å². The molecule has 7 nitrogen and oxygen atoms in total. The number of rotatable bonds is 3. The van der Waals surface area contributed by atoms with Crippen LogP contribution in [0.1, 0.15) is 30.5 Å². The van der Waals surface area contributed by atoms with Crippen LogP contribution in [0.5, 0.6) is 0 Å². The van der Waals surface area contributed by atoms with Gasteiger partial charge in [-0.2, -0.15) is 0 Å². The molecule has 1 amide bonds. The molecule has 4 heterocycles. The minimum atomic E-state index is -0.109. The number of aromatic nitrogens is 3. The van der Waals surface area contributed by atoms with Crippen molar-refractivity contribution >= 4 is 5.91 Å². The Balaban J connectivity index is 1.35. The van der Waals surface area contributed by atoms with Gasteiger partial charge in [0.2, 0.25) is 5.91 Å². The molecule has 27 heavy (non-hydrogen) atoms. The van der Waals surface area contributed by atoms with Crippen LogP contribution in [0.25, 0.3) is 11.4 Å². The first-order valence-electron chi connectivity index (χ1n) is 9.71. The van der Waals surface area contributed by atoms with Gasteiger partial charge in [-0.3, -0.25) is 19.5 Å². The van der Waals surface area contributed by atoms with Gasteiger partial charge in [0.15, 0.2) is 0 Å². The van der Waals surface area contributed by atoms with Crippen molar-refractivity contribution in [2.24, 2.45) is 5.92 Å². The average molecular weight is 365 g/mol. The van der Waals surface area contributed by atoms with Crippen molar-refractivity contribution in [3.8, 4) is 11.4 Å². The molecule has 140 valence electrons. The Morgan fingerprint density at radius 3 is 3.00 bits per heavy atom. The standard InChI is InChI=1S/C20H23N5O2/c26-18(12-25-10-13-3-4-15(25)8-13)24-7-5-16-17(11-24)22-19(23-20(16)27)14-2-1-6-21-9-14/h1-2,6,9,13,15H,3-5,7-8,10-12H2,(H,22,23,27)/t13-,15+/m1/s1. The summed E-state index contributed by atoms with van der Waals surface area (Å²) in [5.74, 6) is 1.45. The lowest BCUT2D eigenvalue weighted by Gasteiger charge is -2.32. The fourth-order valence-corrected chi connectivity index (χ4v) is 4.79. The Morgan fingerprint density at radius 1 is 1.33 bits per heavy atom. The Bertz CT molecular complexity index is 926. The van der Waals surface area contributed by atoms with E-state index in [4.69, 9.17) is 0 Å². The number of H-pyrrole nitrogens is 1. The van der Waals surface area contributed by atoms with E-state index in [1.54, 1.807) is 12.4 Å². The molecule has 1 saturated carbocycles. The van der Waals surface area contributed by atoms with Crippen LogP contribution in [0, 0.1) is 5.92 Å². The second-order valence-corrected chi connectivity index (χ2v) is 7.91. The molecule has 0 spiro atoms. The van der Waals surface area contributed by atoms with Gasteiger partial charge in [-0.25, -0.2) is 4.98 Å². The molecule has 2 fully saturated rings. The molecule has 1 aliphatic carbocycles. The van der Waals surface area contributed by atoms with Crippen LogP contribution in [0.2, 0.25) is 0 Å². The zero-order chi connectivity index (χ0) is 18.4. The molecule has 3 aliphatic rings. The minimum Gasteiger partial charge on any atom is -0.335 e. The van der Waals surface area contributed by atoms with Crippen molar-refractivity contribution in [2.75, 3.05) is 19.6 Å². The lowest BCUT2D eigenvalue weighted by molar-refractivity contribution is -0.133. The van der Waals surface area contributed by atoms with Crippen molar-refractivity contribution < 1.29 is 4.79 Å². The van der Waals surface area contributed by atoms with Crippen LogP contribution in [0.15, 0.2) is 29.3 Å². The van der Waals surface area contributed by atoms with E-state index in [1.165, 1.54) is 19.3 Å². The average Bonchev–Trinajstić information content (AvgIpc) is 3.31. The van der Waals surface area contributed by atoms with Crippen LogP contribution in [0.4, 0.5) is 0 Å². The molecule has 1 N–H and O–H groups in total. The highest BCUT2D eigenvalue weighted by Crippen LogP contribution is 2.37. The maximum atomic E-state index is 12.8. The predicted molar refractivity (Wildman–Crippen MR) is 99.9 cm³/mol. The molecule has 2 bridgehead atoms. The van der Waals surface area contributed by atoms with Crippen LogP contribution in [0.3, 0.4) is 0 Å². The van der Waals surface area contributed by atoms with E-state index >= 15 is 0 Å². The fraction of sp³-hybridized carbons (Fsp3) is 0.500. The summed E-state index contributed by atoms with van der Waals surface area (Å²) < 4.78 is 0. The van der Waals surface area contributed by atoms with Crippen LogP contribution < -0.4 is 5.56 Å². The van der Waals surface area contributed by atoms with E-state index in [9.17, 15) is 9.59 Å². The lowest BCUT2D eigenvalue weighted by Crippen LogP contribution is -2.46. The van der Waals surface area contributed by atoms with Gasteiger partial charge in [0.05, 0.1) is 18.8 Å².